The molecule has 1 saturated heterocycles. The lowest BCUT2D eigenvalue weighted by Crippen LogP contribution is -2.44. The number of alkyl halides is 1. The number of rotatable bonds is 2. The summed E-state index contributed by atoms with van der Waals surface area (Å²) in [5.41, 5.74) is 0.742. The monoisotopic (exact) mass is 437 g/mol. The molecule has 0 aliphatic carbocycles. The number of halogens is 3. The van der Waals surface area contributed by atoms with Crippen LogP contribution in [-0.4, -0.2) is 28.7 Å². The number of carbonyl (C=O) groups excluding carboxylic acids is 1. The molecule has 1 amide bonds. The topological polar surface area (TPSA) is 20.3 Å². The van der Waals surface area contributed by atoms with Crippen LogP contribution in [0.4, 0.5) is 0 Å². The van der Waals surface area contributed by atoms with E-state index in [4.69, 9.17) is 0 Å². The second-order valence-electron chi connectivity index (χ2n) is 4.43. The maximum atomic E-state index is 12.6. The molecule has 0 radical (unpaired) electrons. The second-order valence-corrected chi connectivity index (χ2v) is 6.84. The Bertz CT molecular complexity index is 450. The van der Waals surface area contributed by atoms with Crippen LogP contribution in [0.3, 0.4) is 0 Å². The van der Waals surface area contributed by atoms with Gasteiger partial charge in [0.25, 0.3) is 5.91 Å². The Morgan fingerprint density at radius 2 is 2.11 bits per heavy atom. The highest BCUT2D eigenvalue weighted by molar-refractivity contribution is 9.11. The van der Waals surface area contributed by atoms with Crippen molar-refractivity contribution in [3.8, 4) is 0 Å². The van der Waals surface area contributed by atoms with Crippen LogP contribution in [-0.2, 0) is 0 Å². The van der Waals surface area contributed by atoms with Crippen molar-refractivity contribution in [2.45, 2.75) is 25.3 Å². The molecule has 0 N–H and O–H groups in total. The molecule has 0 spiro atoms. The number of hydrogen-bond donors (Lipinski definition) is 0. The number of carbonyl (C=O) groups is 1. The van der Waals surface area contributed by atoms with Gasteiger partial charge in [0.15, 0.2) is 0 Å². The summed E-state index contributed by atoms with van der Waals surface area (Å²) in [5, 5.41) is 0.854. The van der Waals surface area contributed by atoms with Gasteiger partial charge in [-0.2, -0.15) is 0 Å². The van der Waals surface area contributed by atoms with E-state index >= 15 is 0 Å². The molecule has 1 aromatic rings. The van der Waals surface area contributed by atoms with Gasteiger partial charge >= 0.3 is 0 Å². The van der Waals surface area contributed by atoms with E-state index in [1.807, 2.05) is 23.1 Å². The summed E-state index contributed by atoms with van der Waals surface area (Å²) in [5.74, 6) is 0.124. The minimum atomic E-state index is 0.124. The quantitative estimate of drug-likeness (QED) is 0.616. The minimum absolute atomic E-state index is 0.124. The fourth-order valence-corrected chi connectivity index (χ4v) is 4.14. The average molecular weight is 440 g/mol. The van der Waals surface area contributed by atoms with Crippen molar-refractivity contribution in [2.75, 3.05) is 11.9 Å². The third kappa shape index (κ3) is 3.17. The number of piperidine rings is 1. The first-order chi connectivity index (χ1) is 8.63. The largest absolute Gasteiger partial charge is 0.335 e. The third-order valence-corrected chi connectivity index (χ3v) is 5.12. The standard InChI is InChI=1S/C13H14Br3NO/c14-8-10-3-1-2-6-17(10)13(18)11-5-4-9(15)7-12(11)16/h4-5,7,10H,1-3,6,8H2. The molecule has 1 fully saturated rings. The van der Waals surface area contributed by atoms with Crippen molar-refractivity contribution in [1.29, 1.82) is 0 Å². The Balaban J connectivity index is 2.24. The van der Waals surface area contributed by atoms with Gasteiger partial charge in [-0.25, -0.2) is 0 Å². The molecule has 98 valence electrons. The summed E-state index contributed by atoms with van der Waals surface area (Å²) in [4.78, 5) is 14.6. The van der Waals surface area contributed by atoms with Crippen molar-refractivity contribution < 1.29 is 4.79 Å². The molecule has 2 nitrogen and oxygen atoms in total. The number of hydrogen-bond acceptors (Lipinski definition) is 1. The van der Waals surface area contributed by atoms with Gasteiger partial charge in [0.05, 0.1) is 5.56 Å². The molecule has 1 heterocycles. The smallest absolute Gasteiger partial charge is 0.255 e. The summed E-state index contributed by atoms with van der Waals surface area (Å²) in [6, 6.07) is 6.02. The summed E-state index contributed by atoms with van der Waals surface area (Å²) in [6.45, 7) is 0.859. The molecule has 1 unspecified atom stereocenters. The molecule has 18 heavy (non-hydrogen) atoms. The van der Waals surface area contributed by atoms with Crippen molar-refractivity contribution >= 4 is 53.7 Å². The number of amides is 1. The first-order valence-corrected chi connectivity index (χ1v) is 8.66. The van der Waals surface area contributed by atoms with Gasteiger partial charge in [-0.3, -0.25) is 4.79 Å². The predicted octanol–water partition coefficient (Wildman–Crippen LogP) is 4.60. The molecule has 0 aromatic heterocycles. The third-order valence-electron chi connectivity index (χ3n) is 3.23. The first kappa shape index (κ1) is 14.5. The molecule has 1 aliphatic rings. The fourth-order valence-electron chi connectivity index (χ4n) is 2.25. The zero-order valence-corrected chi connectivity index (χ0v) is 14.6. The Morgan fingerprint density at radius 3 is 2.78 bits per heavy atom. The molecule has 0 bridgehead atoms. The fraction of sp³-hybridized carbons (Fsp3) is 0.462. The predicted molar refractivity (Wildman–Crippen MR) is 84.3 cm³/mol. The zero-order chi connectivity index (χ0) is 13.1. The summed E-state index contributed by atoms with van der Waals surface area (Å²) >= 11 is 10.4. The Labute approximate surface area is 133 Å². The van der Waals surface area contributed by atoms with Gasteiger partial charge in [0.2, 0.25) is 0 Å². The van der Waals surface area contributed by atoms with Crippen LogP contribution in [0.5, 0.6) is 0 Å². The van der Waals surface area contributed by atoms with Crippen LogP contribution in [0.25, 0.3) is 0 Å². The Hall–Kier alpha value is 0.130. The summed E-state index contributed by atoms with van der Waals surface area (Å²) < 4.78 is 1.82. The Morgan fingerprint density at radius 1 is 1.33 bits per heavy atom. The lowest BCUT2D eigenvalue weighted by molar-refractivity contribution is 0.0641. The number of benzene rings is 1. The maximum Gasteiger partial charge on any atom is 0.255 e. The lowest BCUT2D eigenvalue weighted by Gasteiger charge is -2.35. The van der Waals surface area contributed by atoms with E-state index in [0.29, 0.717) is 6.04 Å². The van der Waals surface area contributed by atoms with Gasteiger partial charge in [0, 0.05) is 26.9 Å². The zero-order valence-electron chi connectivity index (χ0n) is 9.83. The van der Waals surface area contributed by atoms with Crippen LogP contribution >= 0.6 is 47.8 Å². The lowest BCUT2D eigenvalue weighted by atomic mass is 10.0. The summed E-state index contributed by atoms with van der Waals surface area (Å²) in [7, 11) is 0. The van der Waals surface area contributed by atoms with Crippen molar-refractivity contribution in [3.63, 3.8) is 0 Å². The summed E-state index contributed by atoms with van der Waals surface area (Å²) in [6.07, 6.45) is 3.40. The second kappa shape index (κ2) is 6.53. The molecule has 1 aliphatic heterocycles. The maximum absolute atomic E-state index is 12.6. The van der Waals surface area contributed by atoms with Crippen LogP contribution in [0.1, 0.15) is 29.6 Å². The van der Waals surface area contributed by atoms with E-state index in [-0.39, 0.29) is 5.91 Å². The molecule has 2 rings (SSSR count). The van der Waals surface area contributed by atoms with Gasteiger partial charge in [-0.05, 0) is 53.4 Å². The highest BCUT2D eigenvalue weighted by Gasteiger charge is 2.27. The van der Waals surface area contributed by atoms with Crippen LogP contribution < -0.4 is 0 Å². The Kier molecular flexibility index (Phi) is 5.27. The van der Waals surface area contributed by atoms with E-state index < -0.39 is 0 Å². The first-order valence-electron chi connectivity index (χ1n) is 5.95. The van der Waals surface area contributed by atoms with E-state index in [2.05, 4.69) is 47.8 Å². The van der Waals surface area contributed by atoms with Crippen molar-refractivity contribution in [2.24, 2.45) is 0 Å². The molecule has 0 saturated carbocycles. The van der Waals surface area contributed by atoms with Gasteiger partial charge < -0.3 is 4.90 Å². The van der Waals surface area contributed by atoms with Crippen molar-refractivity contribution in [1.82, 2.24) is 4.90 Å². The van der Waals surface area contributed by atoms with Crippen molar-refractivity contribution in [3.05, 3.63) is 32.7 Å². The number of nitrogens with zero attached hydrogens (tertiary/aromatic N) is 1. The molecule has 1 atom stereocenters. The van der Waals surface area contributed by atoms with E-state index in [1.54, 1.807) is 0 Å². The van der Waals surface area contributed by atoms with Gasteiger partial charge in [-0.15, -0.1) is 0 Å². The van der Waals surface area contributed by atoms with Crippen LogP contribution in [0, 0.1) is 0 Å². The van der Waals surface area contributed by atoms with Crippen LogP contribution in [0.2, 0.25) is 0 Å². The highest BCUT2D eigenvalue weighted by Crippen LogP contribution is 2.26. The normalized spacial score (nSPS) is 19.9. The van der Waals surface area contributed by atoms with E-state index in [1.165, 1.54) is 6.42 Å². The molecular formula is C13H14Br3NO. The van der Waals surface area contributed by atoms with Crippen LogP contribution in [0.15, 0.2) is 27.1 Å². The molecule has 1 aromatic carbocycles. The molecular weight excluding hydrogens is 426 g/mol. The molecule has 5 heteroatoms. The highest BCUT2D eigenvalue weighted by atomic mass is 79.9. The van der Waals surface area contributed by atoms with E-state index in [9.17, 15) is 4.79 Å². The average Bonchev–Trinajstić information content (AvgIpc) is 2.38. The van der Waals surface area contributed by atoms with Gasteiger partial charge in [0.1, 0.15) is 0 Å². The SMILES string of the molecule is O=C(c1ccc(Br)cc1Br)N1CCCCC1CBr. The minimum Gasteiger partial charge on any atom is -0.335 e. The van der Waals surface area contributed by atoms with Gasteiger partial charge in [-0.1, -0.05) is 31.9 Å². The number of likely N-dealkylation sites (tertiary alicyclic amines) is 1. The van der Waals surface area contributed by atoms with E-state index in [0.717, 1.165) is 39.2 Å².